The molecule has 0 N–H and O–H groups in total. The molecule has 0 radical (unpaired) electrons. The highest BCUT2D eigenvalue weighted by Gasteiger charge is 2.23. The number of hydrogen-bond donors (Lipinski definition) is 0. The Morgan fingerprint density at radius 3 is 2.06 bits per heavy atom. The van der Waals surface area contributed by atoms with Gasteiger partial charge in [0.25, 0.3) is 0 Å². The molecule has 2 aliphatic rings. The van der Waals surface area contributed by atoms with Crippen molar-refractivity contribution < 1.29 is 4.74 Å². The zero-order chi connectivity index (χ0) is 21.7. The van der Waals surface area contributed by atoms with Crippen LogP contribution in [-0.4, -0.2) is 12.7 Å². The van der Waals surface area contributed by atoms with E-state index in [0.717, 1.165) is 24.4 Å². The van der Waals surface area contributed by atoms with E-state index in [9.17, 15) is 0 Å². The predicted octanol–water partition coefficient (Wildman–Crippen LogP) is 9.24. The highest BCUT2D eigenvalue weighted by Crippen LogP contribution is 2.35. The van der Waals surface area contributed by atoms with Crippen LogP contribution in [0, 0.1) is 11.8 Å². The highest BCUT2D eigenvalue weighted by atomic mass is 16.5. The van der Waals surface area contributed by atoms with Crippen molar-refractivity contribution >= 4 is 0 Å². The van der Waals surface area contributed by atoms with Gasteiger partial charge in [0.2, 0.25) is 0 Å². The van der Waals surface area contributed by atoms with Gasteiger partial charge in [-0.25, -0.2) is 0 Å². The van der Waals surface area contributed by atoms with Gasteiger partial charge >= 0.3 is 0 Å². The molecule has 0 aromatic heterocycles. The molecule has 1 heteroatoms. The van der Waals surface area contributed by atoms with E-state index in [2.05, 4.69) is 38.1 Å². The van der Waals surface area contributed by atoms with Gasteiger partial charge in [-0.05, 0) is 80.2 Å². The van der Waals surface area contributed by atoms with Crippen LogP contribution in [0.4, 0.5) is 0 Å². The standard InChI is InChI=1S/C30H50O/c1-3-5-6-7-8-10-26-16-18-28(19-17-26)29-20-22-30(23-21-29)31-24-9-11-27-14-12-25(4-2)13-15-27/h16-19,25,27,29-30H,3-15,20-24H2,1-2H3/t25-,27-,29-,30-. The zero-order valence-electron chi connectivity index (χ0n) is 20.8. The Bertz CT molecular complexity index is 561. The Labute approximate surface area is 193 Å². The molecular formula is C30H50O. The second-order valence-corrected chi connectivity index (χ2v) is 10.7. The highest BCUT2D eigenvalue weighted by molar-refractivity contribution is 5.26. The molecule has 0 unspecified atom stereocenters. The lowest BCUT2D eigenvalue weighted by Gasteiger charge is -2.30. The summed E-state index contributed by atoms with van der Waals surface area (Å²) >= 11 is 0. The summed E-state index contributed by atoms with van der Waals surface area (Å²) in [5.41, 5.74) is 3.09. The third kappa shape index (κ3) is 8.91. The van der Waals surface area contributed by atoms with Crippen LogP contribution in [0.5, 0.6) is 0 Å². The Balaban J connectivity index is 1.25. The summed E-state index contributed by atoms with van der Waals surface area (Å²) in [5, 5.41) is 0. The van der Waals surface area contributed by atoms with E-state index in [1.165, 1.54) is 115 Å². The fraction of sp³-hybridized carbons (Fsp3) is 0.800. The Kier molecular flexibility index (Phi) is 11.5. The average Bonchev–Trinajstić information content (AvgIpc) is 2.83. The van der Waals surface area contributed by atoms with E-state index >= 15 is 0 Å². The van der Waals surface area contributed by atoms with Gasteiger partial charge in [0.1, 0.15) is 0 Å². The molecule has 2 saturated carbocycles. The van der Waals surface area contributed by atoms with Gasteiger partial charge in [0.15, 0.2) is 0 Å². The quantitative estimate of drug-likeness (QED) is 0.285. The minimum absolute atomic E-state index is 0.523. The average molecular weight is 427 g/mol. The molecule has 176 valence electrons. The maximum Gasteiger partial charge on any atom is 0.0575 e. The van der Waals surface area contributed by atoms with Gasteiger partial charge in [0.05, 0.1) is 6.10 Å². The van der Waals surface area contributed by atoms with E-state index in [1.807, 2.05) is 0 Å². The van der Waals surface area contributed by atoms with E-state index < -0.39 is 0 Å². The third-order valence-electron chi connectivity index (χ3n) is 8.35. The Morgan fingerprint density at radius 1 is 0.710 bits per heavy atom. The first-order valence-corrected chi connectivity index (χ1v) is 14.0. The number of rotatable bonds is 13. The number of unbranched alkanes of at least 4 members (excludes halogenated alkanes) is 4. The van der Waals surface area contributed by atoms with Crippen LogP contribution in [0.15, 0.2) is 24.3 Å². The van der Waals surface area contributed by atoms with Crippen LogP contribution in [0.2, 0.25) is 0 Å². The number of benzene rings is 1. The normalized spacial score (nSPS) is 26.8. The van der Waals surface area contributed by atoms with E-state index in [1.54, 1.807) is 5.56 Å². The summed E-state index contributed by atoms with van der Waals surface area (Å²) < 4.78 is 6.29. The van der Waals surface area contributed by atoms with E-state index in [0.29, 0.717) is 6.10 Å². The van der Waals surface area contributed by atoms with E-state index in [-0.39, 0.29) is 0 Å². The van der Waals surface area contributed by atoms with Crippen molar-refractivity contribution in [1.29, 1.82) is 0 Å². The van der Waals surface area contributed by atoms with Crippen LogP contribution in [0.25, 0.3) is 0 Å². The van der Waals surface area contributed by atoms with Crippen molar-refractivity contribution in [3.63, 3.8) is 0 Å². The van der Waals surface area contributed by atoms with Crippen LogP contribution >= 0.6 is 0 Å². The summed E-state index contributed by atoms with van der Waals surface area (Å²) in [6.45, 7) is 5.65. The first-order chi connectivity index (χ1) is 15.3. The molecule has 1 nitrogen and oxygen atoms in total. The molecule has 0 amide bonds. The van der Waals surface area contributed by atoms with Gasteiger partial charge in [0, 0.05) is 6.61 Å². The van der Waals surface area contributed by atoms with Gasteiger partial charge < -0.3 is 4.74 Å². The zero-order valence-corrected chi connectivity index (χ0v) is 20.8. The van der Waals surface area contributed by atoms with Gasteiger partial charge in [-0.2, -0.15) is 0 Å². The van der Waals surface area contributed by atoms with Crippen molar-refractivity contribution in [3.05, 3.63) is 35.4 Å². The molecule has 0 saturated heterocycles. The summed E-state index contributed by atoms with van der Waals surface area (Å²) in [6, 6.07) is 9.62. The number of ether oxygens (including phenoxy) is 1. The minimum atomic E-state index is 0.523. The van der Waals surface area contributed by atoms with Crippen molar-refractivity contribution in [3.8, 4) is 0 Å². The first kappa shape index (κ1) is 24.8. The number of aryl methyl sites for hydroxylation is 1. The summed E-state index contributed by atoms with van der Waals surface area (Å²) in [4.78, 5) is 0. The molecule has 1 aromatic rings. The molecule has 0 bridgehead atoms. The van der Waals surface area contributed by atoms with Crippen molar-refractivity contribution in [2.75, 3.05) is 6.61 Å². The first-order valence-electron chi connectivity index (χ1n) is 14.0. The molecule has 3 rings (SSSR count). The van der Waals surface area contributed by atoms with E-state index in [4.69, 9.17) is 4.74 Å². The maximum atomic E-state index is 6.29. The molecule has 2 aliphatic carbocycles. The van der Waals surface area contributed by atoms with Crippen LogP contribution < -0.4 is 0 Å². The van der Waals surface area contributed by atoms with Crippen molar-refractivity contribution in [1.82, 2.24) is 0 Å². The summed E-state index contributed by atoms with van der Waals surface area (Å²) in [7, 11) is 0. The SMILES string of the molecule is CCCCCCCc1ccc([C@H]2CC[C@H](OCCC[C@H]3CC[C@H](CC)CC3)CC2)cc1. The molecule has 0 heterocycles. The van der Waals surface area contributed by atoms with Crippen LogP contribution in [0.1, 0.15) is 134 Å². The molecule has 2 fully saturated rings. The van der Waals surface area contributed by atoms with Crippen LogP contribution in [0.3, 0.4) is 0 Å². The fourth-order valence-corrected chi connectivity index (χ4v) is 6.00. The molecule has 0 atom stereocenters. The van der Waals surface area contributed by atoms with Crippen molar-refractivity contribution in [2.45, 2.75) is 135 Å². The Morgan fingerprint density at radius 2 is 1.39 bits per heavy atom. The summed E-state index contributed by atoms with van der Waals surface area (Å²) in [5.74, 6) is 2.77. The maximum absolute atomic E-state index is 6.29. The largest absolute Gasteiger partial charge is 0.378 e. The molecule has 1 aromatic carbocycles. The number of hydrogen-bond acceptors (Lipinski definition) is 1. The van der Waals surface area contributed by atoms with Gasteiger partial charge in [-0.1, -0.05) is 95.9 Å². The lowest BCUT2D eigenvalue weighted by atomic mass is 9.79. The molecular weight excluding hydrogens is 376 g/mol. The predicted molar refractivity (Wildman–Crippen MR) is 135 cm³/mol. The minimum Gasteiger partial charge on any atom is -0.378 e. The molecule has 0 aliphatic heterocycles. The van der Waals surface area contributed by atoms with Gasteiger partial charge in [-0.3, -0.25) is 0 Å². The fourth-order valence-electron chi connectivity index (χ4n) is 6.00. The van der Waals surface area contributed by atoms with Crippen molar-refractivity contribution in [2.24, 2.45) is 11.8 Å². The molecule has 0 spiro atoms. The lowest BCUT2D eigenvalue weighted by molar-refractivity contribution is 0.0205. The molecule has 31 heavy (non-hydrogen) atoms. The summed E-state index contributed by atoms with van der Waals surface area (Å²) in [6.07, 6.45) is 23.7. The second kappa shape index (κ2) is 14.4. The van der Waals surface area contributed by atoms with Crippen LogP contribution in [-0.2, 0) is 11.2 Å². The Hall–Kier alpha value is -0.820. The van der Waals surface area contributed by atoms with Gasteiger partial charge in [-0.15, -0.1) is 0 Å². The second-order valence-electron chi connectivity index (χ2n) is 10.7. The topological polar surface area (TPSA) is 9.23 Å². The lowest BCUT2D eigenvalue weighted by Crippen LogP contribution is -2.21. The monoisotopic (exact) mass is 426 g/mol. The smallest absolute Gasteiger partial charge is 0.0575 e. The third-order valence-corrected chi connectivity index (χ3v) is 8.35.